The van der Waals surface area contributed by atoms with Crippen molar-refractivity contribution in [2.24, 2.45) is 10.8 Å². The molecule has 4 rings (SSSR count). The molecule has 4 aliphatic rings. The van der Waals surface area contributed by atoms with E-state index < -0.39 is 0 Å². The molecular formula is C11H16O. The first-order valence-electron chi connectivity index (χ1n) is 5.49. The van der Waals surface area contributed by atoms with Gasteiger partial charge >= 0.3 is 0 Å². The molecule has 1 saturated heterocycles. The standard InChI is InChI=1S/C11H16O/c1-2-4-11-6-9-8(12-9)5-10(11,3-1)7-11/h8-9H,1-7H2. The summed E-state index contributed by atoms with van der Waals surface area (Å²) in [6, 6.07) is 0. The third kappa shape index (κ3) is 0.555. The second kappa shape index (κ2) is 1.61. The number of epoxide rings is 1. The summed E-state index contributed by atoms with van der Waals surface area (Å²) in [5.41, 5.74) is 1.62. The van der Waals surface area contributed by atoms with Crippen LogP contribution in [-0.2, 0) is 4.74 Å². The highest BCUT2D eigenvalue weighted by Gasteiger charge is 2.73. The van der Waals surface area contributed by atoms with Gasteiger partial charge in [-0.1, -0.05) is 12.8 Å². The van der Waals surface area contributed by atoms with Crippen LogP contribution >= 0.6 is 0 Å². The number of rotatable bonds is 0. The molecule has 3 saturated carbocycles. The third-order valence-electron chi connectivity index (χ3n) is 5.11. The van der Waals surface area contributed by atoms with Gasteiger partial charge in [-0.3, -0.25) is 0 Å². The minimum absolute atomic E-state index is 0.707. The zero-order valence-corrected chi connectivity index (χ0v) is 7.51. The quantitative estimate of drug-likeness (QED) is 0.501. The first kappa shape index (κ1) is 6.42. The van der Waals surface area contributed by atoms with E-state index in [-0.39, 0.29) is 0 Å². The van der Waals surface area contributed by atoms with Crippen LogP contribution < -0.4 is 0 Å². The lowest BCUT2D eigenvalue weighted by Crippen LogP contribution is -2.27. The van der Waals surface area contributed by atoms with Crippen LogP contribution in [0.25, 0.3) is 0 Å². The van der Waals surface area contributed by atoms with Crippen molar-refractivity contribution in [1.29, 1.82) is 0 Å². The van der Waals surface area contributed by atoms with Crippen LogP contribution in [0.2, 0.25) is 0 Å². The predicted octanol–water partition coefficient (Wildman–Crippen LogP) is 2.50. The van der Waals surface area contributed by atoms with Crippen LogP contribution in [0.5, 0.6) is 0 Å². The van der Waals surface area contributed by atoms with Gasteiger partial charge in [0.2, 0.25) is 0 Å². The summed E-state index contributed by atoms with van der Waals surface area (Å²) in [6.07, 6.45) is 11.9. The molecule has 1 nitrogen and oxygen atoms in total. The lowest BCUT2D eigenvalue weighted by atomic mass is 9.71. The molecule has 4 unspecified atom stereocenters. The van der Waals surface area contributed by atoms with E-state index >= 15 is 0 Å². The molecule has 1 aliphatic heterocycles. The maximum atomic E-state index is 5.66. The fraction of sp³-hybridized carbons (Fsp3) is 1.00. The Bertz CT molecular complexity index is 225. The Hall–Kier alpha value is -0.0400. The van der Waals surface area contributed by atoms with Gasteiger partial charge in [0.25, 0.3) is 0 Å². The first-order chi connectivity index (χ1) is 5.84. The number of ether oxygens (including phenoxy) is 1. The lowest BCUT2D eigenvalue weighted by molar-refractivity contribution is 0.190. The normalized spacial score (nSPS) is 66.0. The van der Waals surface area contributed by atoms with Gasteiger partial charge in [0.05, 0.1) is 12.2 Å². The molecule has 0 radical (unpaired) electrons. The molecule has 3 aliphatic carbocycles. The minimum Gasteiger partial charge on any atom is -0.370 e. The van der Waals surface area contributed by atoms with Crippen LogP contribution in [0.4, 0.5) is 0 Å². The van der Waals surface area contributed by atoms with Crippen LogP contribution in [0, 0.1) is 10.8 Å². The van der Waals surface area contributed by atoms with Crippen molar-refractivity contribution < 1.29 is 4.74 Å². The molecule has 66 valence electrons. The molecule has 1 heterocycles. The maximum absolute atomic E-state index is 5.66. The van der Waals surface area contributed by atoms with Crippen molar-refractivity contribution in [3.63, 3.8) is 0 Å². The Labute approximate surface area is 73.5 Å². The first-order valence-corrected chi connectivity index (χ1v) is 5.49. The average molecular weight is 164 g/mol. The summed E-state index contributed by atoms with van der Waals surface area (Å²) in [5.74, 6) is 0. The van der Waals surface area contributed by atoms with Crippen LogP contribution in [0.15, 0.2) is 0 Å². The van der Waals surface area contributed by atoms with Crippen molar-refractivity contribution in [3.05, 3.63) is 0 Å². The monoisotopic (exact) mass is 164 g/mol. The van der Waals surface area contributed by atoms with Gasteiger partial charge < -0.3 is 4.74 Å². The van der Waals surface area contributed by atoms with E-state index in [1.807, 2.05) is 0 Å². The molecular weight excluding hydrogens is 148 g/mol. The third-order valence-corrected chi connectivity index (χ3v) is 5.11. The Balaban J connectivity index is 1.72. The maximum Gasteiger partial charge on any atom is 0.0847 e. The second-order valence-corrected chi connectivity index (χ2v) is 5.57. The summed E-state index contributed by atoms with van der Waals surface area (Å²) < 4.78 is 5.66. The van der Waals surface area contributed by atoms with Crippen molar-refractivity contribution >= 4 is 0 Å². The van der Waals surface area contributed by atoms with Crippen molar-refractivity contribution in [1.82, 2.24) is 0 Å². The average Bonchev–Trinajstić information content (AvgIpc) is 2.87. The largest absolute Gasteiger partial charge is 0.370 e. The van der Waals surface area contributed by atoms with Crippen molar-refractivity contribution in [2.45, 2.75) is 57.2 Å². The summed E-state index contributed by atoms with van der Waals surface area (Å²) in [5, 5.41) is 0. The molecule has 0 aromatic carbocycles. The highest BCUT2D eigenvalue weighted by molar-refractivity contribution is 5.23. The van der Waals surface area contributed by atoms with Crippen molar-refractivity contribution in [3.8, 4) is 0 Å². The van der Waals surface area contributed by atoms with E-state index in [4.69, 9.17) is 4.74 Å². The Morgan fingerprint density at radius 1 is 0.917 bits per heavy atom. The molecule has 0 N–H and O–H groups in total. The Morgan fingerprint density at radius 2 is 1.50 bits per heavy atom. The molecule has 1 heteroatoms. The summed E-state index contributed by atoms with van der Waals surface area (Å²) in [4.78, 5) is 0. The van der Waals surface area contributed by atoms with Crippen molar-refractivity contribution in [2.75, 3.05) is 0 Å². The van der Waals surface area contributed by atoms with E-state index in [2.05, 4.69) is 0 Å². The van der Waals surface area contributed by atoms with Gasteiger partial charge in [0.1, 0.15) is 0 Å². The zero-order valence-electron chi connectivity index (χ0n) is 7.51. The van der Waals surface area contributed by atoms with E-state index in [1.165, 1.54) is 38.5 Å². The molecule has 0 spiro atoms. The van der Waals surface area contributed by atoms with Gasteiger partial charge in [0.15, 0.2) is 0 Å². The topological polar surface area (TPSA) is 12.5 Å². The summed E-state index contributed by atoms with van der Waals surface area (Å²) >= 11 is 0. The second-order valence-electron chi connectivity index (χ2n) is 5.57. The van der Waals surface area contributed by atoms with E-state index in [0.717, 1.165) is 10.8 Å². The van der Waals surface area contributed by atoms with Gasteiger partial charge in [-0.05, 0) is 42.9 Å². The molecule has 0 aromatic rings. The van der Waals surface area contributed by atoms with Crippen LogP contribution in [-0.4, -0.2) is 12.2 Å². The fourth-order valence-electron chi connectivity index (χ4n) is 4.33. The summed E-state index contributed by atoms with van der Waals surface area (Å²) in [6.45, 7) is 0. The van der Waals surface area contributed by atoms with Gasteiger partial charge in [-0.2, -0.15) is 0 Å². The SMILES string of the molecule is C1CCC23CC4OC4CC2(C1)C3. The van der Waals surface area contributed by atoms with Gasteiger partial charge in [-0.15, -0.1) is 0 Å². The number of hydrogen-bond donors (Lipinski definition) is 0. The van der Waals surface area contributed by atoms with E-state index in [1.54, 1.807) is 6.42 Å². The Kier molecular flexibility index (Phi) is 0.863. The predicted molar refractivity (Wildman–Crippen MR) is 45.8 cm³/mol. The molecule has 0 bridgehead atoms. The molecule has 12 heavy (non-hydrogen) atoms. The minimum atomic E-state index is 0.707. The van der Waals surface area contributed by atoms with E-state index in [9.17, 15) is 0 Å². The molecule has 4 atom stereocenters. The van der Waals surface area contributed by atoms with Crippen LogP contribution in [0.3, 0.4) is 0 Å². The number of fused-ring (bicyclic) bond motifs is 1. The highest BCUT2D eigenvalue weighted by Crippen LogP contribution is 2.79. The zero-order chi connectivity index (χ0) is 7.81. The summed E-state index contributed by atoms with van der Waals surface area (Å²) in [7, 11) is 0. The smallest absolute Gasteiger partial charge is 0.0847 e. The van der Waals surface area contributed by atoms with Gasteiger partial charge in [0, 0.05) is 0 Å². The number of hydrogen-bond acceptors (Lipinski definition) is 1. The fourth-order valence-corrected chi connectivity index (χ4v) is 4.33. The molecule has 0 aromatic heterocycles. The molecule has 0 amide bonds. The Morgan fingerprint density at radius 3 is 2.08 bits per heavy atom. The van der Waals surface area contributed by atoms with E-state index in [0.29, 0.717) is 12.2 Å². The highest BCUT2D eigenvalue weighted by atomic mass is 16.6. The van der Waals surface area contributed by atoms with Crippen LogP contribution in [0.1, 0.15) is 44.9 Å². The van der Waals surface area contributed by atoms with Gasteiger partial charge in [-0.25, -0.2) is 0 Å². The lowest BCUT2D eigenvalue weighted by Gasteiger charge is -2.32. The molecule has 4 fully saturated rings.